The number of benzene rings is 1. The molecule has 0 unspecified atom stereocenters. The van der Waals surface area contributed by atoms with Gasteiger partial charge in [-0.2, -0.15) is 8.42 Å². The van der Waals surface area contributed by atoms with Crippen molar-refractivity contribution < 1.29 is 47.6 Å². The number of aliphatic imine (C=N–C) groups is 1. The largest absolute Gasteiger partial charge is 1.00 e. The van der Waals surface area contributed by atoms with E-state index in [9.17, 15) is 13.5 Å². The van der Waals surface area contributed by atoms with Gasteiger partial charge < -0.3 is 5.11 Å². The van der Waals surface area contributed by atoms with E-state index in [1.807, 2.05) is 0 Å². The Morgan fingerprint density at radius 2 is 1.54 bits per heavy atom. The van der Waals surface area contributed by atoms with Crippen molar-refractivity contribution >= 4 is 16.3 Å². The molecule has 1 N–H and O–H groups in total. The van der Waals surface area contributed by atoms with Gasteiger partial charge in [-0.05, 0) is 12.5 Å². The summed E-state index contributed by atoms with van der Waals surface area (Å²) in [5.41, 5.74) is 0.141. The molecule has 1 aromatic carbocycles. The molecule has 0 aliphatic rings. The molecule has 0 saturated carbocycles. The van der Waals surface area contributed by atoms with Crippen molar-refractivity contribution in [2.75, 3.05) is 6.54 Å². The molecule has 0 aliphatic heterocycles. The Morgan fingerprint density at radius 3 is 2.08 bits per heavy atom. The third kappa shape index (κ3) is 11.3. The molecule has 26 heavy (non-hydrogen) atoms. The molecule has 1 rings (SSSR count). The van der Waals surface area contributed by atoms with Crippen LogP contribution in [0.5, 0.6) is 5.75 Å². The van der Waals surface area contributed by atoms with Crippen LogP contribution in [0, 0.1) is 0 Å². The van der Waals surface area contributed by atoms with Crippen LogP contribution in [0.4, 0.5) is 0 Å². The molecule has 1 aromatic rings. The van der Waals surface area contributed by atoms with E-state index in [-0.39, 0.29) is 45.8 Å². The Labute approximate surface area is 180 Å². The molecule has 0 fully saturated rings. The zero-order valence-electron chi connectivity index (χ0n) is 16.1. The first-order chi connectivity index (χ1) is 11.9. The van der Waals surface area contributed by atoms with E-state index in [0.29, 0.717) is 6.54 Å². The van der Waals surface area contributed by atoms with Crippen LogP contribution in [0.1, 0.15) is 76.7 Å². The van der Waals surface area contributed by atoms with E-state index in [4.69, 9.17) is 4.55 Å². The summed E-state index contributed by atoms with van der Waals surface area (Å²) in [6.45, 7) is 2.81. The monoisotopic (exact) mass is 391 g/mol. The number of unbranched alkanes of at least 4 members (excludes halogenated alkanes) is 9. The standard InChI is InChI=1S/C19H31NO4S.Na/c1-2-3-4-5-6-7-8-9-10-11-14-20-16-17-15-18(21)12-13-19(17)25(22,23)24;/h12-13,15-16,21H,2-11,14H2,1H3,(H,22,23,24);/q;+1/p-1. The summed E-state index contributed by atoms with van der Waals surface area (Å²) in [5.74, 6) is -0.312. The van der Waals surface area contributed by atoms with Gasteiger partial charge in [-0.3, -0.25) is 9.55 Å². The molecule has 0 atom stereocenters. The van der Waals surface area contributed by atoms with E-state index in [1.165, 1.54) is 63.6 Å². The van der Waals surface area contributed by atoms with E-state index in [0.717, 1.165) is 25.0 Å². The van der Waals surface area contributed by atoms with Crippen LogP contribution in [-0.2, 0) is 10.1 Å². The van der Waals surface area contributed by atoms with Crippen LogP contribution < -0.4 is 34.7 Å². The molecule has 0 saturated heterocycles. The summed E-state index contributed by atoms with van der Waals surface area (Å²) in [4.78, 5) is 3.91. The Morgan fingerprint density at radius 1 is 1.00 bits per heavy atom. The van der Waals surface area contributed by atoms with Crippen molar-refractivity contribution in [2.45, 2.75) is 76.0 Å². The topological polar surface area (TPSA) is 89.8 Å². The van der Waals surface area contributed by atoms with Gasteiger partial charge in [0.15, 0.2) is 0 Å². The minimum atomic E-state index is -4.35. The summed E-state index contributed by atoms with van der Waals surface area (Å²) >= 11 is 0. The van der Waals surface area contributed by atoms with Crippen molar-refractivity contribution in [1.29, 1.82) is 0 Å². The predicted octanol–water partition coefficient (Wildman–Crippen LogP) is 1.35. The molecular weight excluding hydrogens is 361 g/mol. The third-order valence-electron chi connectivity index (χ3n) is 4.13. The Kier molecular flexibility index (Phi) is 14.4. The first-order valence-corrected chi connectivity index (χ1v) is 10.7. The molecule has 142 valence electrons. The van der Waals surface area contributed by atoms with Gasteiger partial charge in [0.2, 0.25) is 0 Å². The van der Waals surface area contributed by atoms with Gasteiger partial charge in [0, 0.05) is 18.3 Å². The number of hydrogen-bond acceptors (Lipinski definition) is 4. The Bertz CT molecular complexity index is 632. The molecule has 0 aliphatic carbocycles. The zero-order chi connectivity index (χ0) is 18.5. The Hall–Kier alpha value is -0.400. The van der Waals surface area contributed by atoms with Gasteiger partial charge in [0.25, 0.3) is 10.1 Å². The van der Waals surface area contributed by atoms with Crippen LogP contribution >= 0.6 is 0 Å². The minimum Gasteiger partial charge on any atom is -0.872 e. The fourth-order valence-corrected chi connectivity index (χ4v) is 3.37. The summed E-state index contributed by atoms with van der Waals surface area (Å²) in [6.07, 6.45) is 13.8. The smallest absolute Gasteiger partial charge is 0.872 e. The van der Waals surface area contributed by atoms with E-state index in [1.54, 1.807) is 0 Å². The number of rotatable bonds is 13. The van der Waals surface area contributed by atoms with Gasteiger partial charge in [-0.1, -0.05) is 76.8 Å². The average molecular weight is 392 g/mol. The minimum absolute atomic E-state index is 0. The molecule has 0 aromatic heterocycles. The summed E-state index contributed by atoms with van der Waals surface area (Å²) in [5, 5.41) is 11.3. The van der Waals surface area contributed by atoms with Gasteiger partial charge >= 0.3 is 29.6 Å². The quantitative estimate of drug-likeness (QED) is 0.238. The summed E-state index contributed by atoms with van der Waals surface area (Å²) in [6, 6.07) is 3.40. The predicted molar refractivity (Wildman–Crippen MR) is 100 cm³/mol. The fourth-order valence-electron chi connectivity index (χ4n) is 2.72. The van der Waals surface area contributed by atoms with Crippen LogP contribution in [0.2, 0.25) is 0 Å². The summed E-state index contributed by atoms with van der Waals surface area (Å²) in [7, 11) is -4.35. The molecule has 0 spiro atoms. The molecule has 0 bridgehead atoms. The number of hydrogen-bond donors (Lipinski definition) is 1. The van der Waals surface area contributed by atoms with Gasteiger partial charge in [-0.15, -0.1) is 5.75 Å². The van der Waals surface area contributed by atoms with Gasteiger partial charge in [-0.25, -0.2) is 0 Å². The number of nitrogens with zero attached hydrogens (tertiary/aromatic N) is 1. The second kappa shape index (κ2) is 14.6. The van der Waals surface area contributed by atoms with Crippen molar-refractivity contribution in [3.05, 3.63) is 23.8 Å². The van der Waals surface area contributed by atoms with Gasteiger partial charge in [0.1, 0.15) is 4.90 Å². The average Bonchev–Trinajstić information content (AvgIpc) is 2.55. The third-order valence-corrected chi connectivity index (χ3v) is 5.06. The van der Waals surface area contributed by atoms with E-state index < -0.39 is 10.1 Å². The normalized spacial score (nSPS) is 11.6. The molecular formula is C19H30NNaO4S. The van der Waals surface area contributed by atoms with E-state index in [2.05, 4.69) is 11.9 Å². The molecule has 0 amide bonds. The van der Waals surface area contributed by atoms with Crippen LogP contribution in [0.3, 0.4) is 0 Å². The maximum absolute atomic E-state index is 11.3. The first-order valence-electron chi connectivity index (χ1n) is 9.23. The van der Waals surface area contributed by atoms with Crippen molar-refractivity contribution in [3.63, 3.8) is 0 Å². The second-order valence-corrected chi connectivity index (χ2v) is 7.78. The molecule has 7 heteroatoms. The van der Waals surface area contributed by atoms with Crippen molar-refractivity contribution in [2.24, 2.45) is 4.99 Å². The van der Waals surface area contributed by atoms with E-state index >= 15 is 0 Å². The van der Waals surface area contributed by atoms with Gasteiger partial charge in [0.05, 0.1) is 0 Å². The summed E-state index contributed by atoms with van der Waals surface area (Å²) < 4.78 is 31.7. The zero-order valence-corrected chi connectivity index (χ0v) is 18.9. The Balaban J connectivity index is 0.00000625. The second-order valence-electron chi connectivity index (χ2n) is 6.39. The van der Waals surface area contributed by atoms with Crippen molar-refractivity contribution in [3.8, 4) is 5.75 Å². The molecule has 5 nitrogen and oxygen atoms in total. The SMILES string of the molecule is CCCCCCCCCCCCN=Cc1cc([O-])ccc1S(=O)(=O)O.[Na+]. The van der Waals surface area contributed by atoms with Crippen LogP contribution in [0.25, 0.3) is 0 Å². The fraction of sp³-hybridized carbons (Fsp3) is 0.632. The van der Waals surface area contributed by atoms with Crippen molar-refractivity contribution in [1.82, 2.24) is 0 Å². The molecule has 0 heterocycles. The van der Waals surface area contributed by atoms with Crippen LogP contribution in [0.15, 0.2) is 28.1 Å². The maximum Gasteiger partial charge on any atom is 1.00 e. The first kappa shape index (κ1) is 25.6. The molecule has 0 radical (unpaired) electrons. The maximum atomic E-state index is 11.3. The van der Waals surface area contributed by atoms with Crippen LogP contribution in [-0.4, -0.2) is 25.7 Å².